The van der Waals surface area contributed by atoms with Gasteiger partial charge in [-0.2, -0.15) is 17.0 Å². The summed E-state index contributed by atoms with van der Waals surface area (Å²) in [5.41, 5.74) is 6.41. The molecule has 0 radical (unpaired) electrons. The molecule has 5 heteroatoms. The molecule has 1 aliphatic carbocycles. The van der Waals surface area contributed by atoms with Gasteiger partial charge in [0.15, 0.2) is 5.69 Å². The highest BCUT2D eigenvalue weighted by Crippen LogP contribution is 2.38. The quantitative estimate of drug-likeness (QED) is 0.884. The van der Waals surface area contributed by atoms with E-state index in [1.54, 1.807) is 6.07 Å². The van der Waals surface area contributed by atoms with Crippen LogP contribution in [-0.2, 0) is 0 Å². The first-order valence-corrected chi connectivity index (χ1v) is 7.87. The lowest BCUT2D eigenvalue weighted by Gasteiger charge is -2.36. The highest BCUT2D eigenvalue weighted by Gasteiger charge is 2.30. The van der Waals surface area contributed by atoms with E-state index in [-0.39, 0.29) is 0 Å². The van der Waals surface area contributed by atoms with E-state index in [4.69, 9.17) is 11.0 Å². The van der Waals surface area contributed by atoms with Gasteiger partial charge in [0.2, 0.25) is 0 Å². The maximum Gasteiger partial charge on any atom is 0.165 e. The van der Waals surface area contributed by atoms with Crippen LogP contribution >= 0.6 is 11.8 Å². The van der Waals surface area contributed by atoms with Gasteiger partial charge in [0, 0.05) is 11.3 Å². The van der Waals surface area contributed by atoms with Crippen molar-refractivity contribution in [2.75, 3.05) is 23.9 Å². The van der Waals surface area contributed by atoms with Gasteiger partial charge in [-0.1, -0.05) is 19.3 Å². The van der Waals surface area contributed by atoms with Gasteiger partial charge in [0.25, 0.3) is 0 Å². The Balaban J connectivity index is 2.03. The third kappa shape index (κ3) is 3.32. The average Bonchev–Trinajstić information content (AvgIpc) is 2.47. The van der Waals surface area contributed by atoms with Crippen molar-refractivity contribution in [3.63, 3.8) is 0 Å². The Hall–Kier alpha value is -1.41. The van der Waals surface area contributed by atoms with Crippen LogP contribution in [0.15, 0.2) is 12.1 Å². The molecule has 4 nitrogen and oxygen atoms in total. The zero-order valence-corrected chi connectivity index (χ0v) is 12.1. The first kappa shape index (κ1) is 14.0. The topological polar surface area (TPSA) is 74.7 Å². The van der Waals surface area contributed by atoms with Gasteiger partial charge < -0.3 is 11.1 Å². The van der Waals surface area contributed by atoms with Gasteiger partial charge in [-0.15, -0.1) is 0 Å². The molecule has 1 saturated carbocycles. The molecule has 1 aromatic rings. The molecule has 19 heavy (non-hydrogen) atoms. The molecule has 0 aromatic carbocycles. The minimum Gasteiger partial charge on any atom is -0.396 e. The number of aromatic nitrogens is 1. The van der Waals surface area contributed by atoms with Crippen LogP contribution in [0.25, 0.3) is 0 Å². The van der Waals surface area contributed by atoms with Crippen LogP contribution < -0.4 is 11.1 Å². The van der Waals surface area contributed by atoms with E-state index in [0.717, 1.165) is 12.4 Å². The molecule has 3 N–H and O–H groups in total. The predicted molar refractivity (Wildman–Crippen MR) is 81.2 cm³/mol. The lowest BCUT2D eigenvalue weighted by molar-refractivity contribution is 0.411. The summed E-state index contributed by atoms with van der Waals surface area (Å²) in [5.74, 6) is 0.741. The number of thioether (sulfide) groups is 1. The summed E-state index contributed by atoms with van der Waals surface area (Å²) in [4.78, 5) is 4.23. The van der Waals surface area contributed by atoms with Crippen molar-refractivity contribution in [3.05, 3.63) is 17.8 Å². The maximum atomic E-state index is 8.93. The highest BCUT2D eigenvalue weighted by atomic mass is 32.2. The fourth-order valence-electron chi connectivity index (χ4n) is 2.56. The fraction of sp³-hybridized carbons (Fsp3) is 0.571. The Bertz CT molecular complexity index is 475. The minimum atomic E-state index is 0.298. The van der Waals surface area contributed by atoms with Gasteiger partial charge in [-0.05, 0) is 31.2 Å². The zero-order valence-electron chi connectivity index (χ0n) is 11.3. The number of nitrogens with zero attached hydrogens (tertiary/aromatic N) is 2. The van der Waals surface area contributed by atoms with Crippen LogP contribution in [0.3, 0.4) is 0 Å². The molecule has 0 bridgehead atoms. The van der Waals surface area contributed by atoms with Crippen molar-refractivity contribution in [2.45, 2.75) is 36.9 Å². The number of nitrogens with two attached hydrogens (primary N) is 1. The molecule has 0 saturated heterocycles. The zero-order chi connectivity index (χ0) is 13.7. The van der Waals surface area contributed by atoms with E-state index in [1.165, 1.54) is 32.1 Å². The lowest BCUT2D eigenvalue weighted by Crippen LogP contribution is -2.35. The van der Waals surface area contributed by atoms with E-state index in [1.807, 2.05) is 23.9 Å². The number of rotatable bonds is 4. The van der Waals surface area contributed by atoms with Crippen LogP contribution in [0.2, 0.25) is 0 Å². The fourth-order valence-corrected chi connectivity index (χ4v) is 3.47. The average molecular weight is 276 g/mol. The summed E-state index contributed by atoms with van der Waals surface area (Å²) in [6, 6.07) is 5.59. The second-order valence-electron chi connectivity index (χ2n) is 5.05. The van der Waals surface area contributed by atoms with E-state index in [9.17, 15) is 0 Å². The second kappa shape index (κ2) is 6.16. The van der Waals surface area contributed by atoms with Crippen molar-refractivity contribution in [2.24, 2.45) is 0 Å². The molecule has 0 unspecified atom stereocenters. The van der Waals surface area contributed by atoms with Gasteiger partial charge in [-0.25, -0.2) is 4.98 Å². The van der Waals surface area contributed by atoms with Gasteiger partial charge in [0.1, 0.15) is 11.9 Å². The molecule has 0 aliphatic heterocycles. The van der Waals surface area contributed by atoms with Crippen molar-refractivity contribution in [1.82, 2.24) is 4.98 Å². The summed E-state index contributed by atoms with van der Waals surface area (Å²) in [5, 5.41) is 12.3. The third-order valence-electron chi connectivity index (χ3n) is 3.82. The van der Waals surface area contributed by atoms with Crippen molar-refractivity contribution >= 4 is 23.3 Å². The Morgan fingerprint density at radius 1 is 1.42 bits per heavy atom. The Labute approximate surface area is 118 Å². The molecule has 1 fully saturated rings. The van der Waals surface area contributed by atoms with E-state index in [0.29, 0.717) is 16.1 Å². The third-order valence-corrected chi connectivity index (χ3v) is 5.24. The van der Waals surface area contributed by atoms with Crippen molar-refractivity contribution in [1.29, 1.82) is 5.26 Å². The normalized spacial score (nSPS) is 17.7. The first-order chi connectivity index (χ1) is 9.19. The standard InChI is InChI=1S/C14H20N4S/c1-19-14(7-3-2-4-8-14)10-17-13-6-5-11(16)12(9-15)18-13/h5-6H,2-4,7-8,10,16H2,1H3,(H,17,18). The summed E-state index contributed by atoms with van der Waals surface area (Å²) < 4.78 is 0.314. The summed E-state index contributed by atoms with van der Waals surface area (Å²) in [6.07, 6.45) is 8.65. The minimum absolute atomic E-state index is 0.298. The largest absolute Gasteiger partial charge is 0.396 e. The molecular formula is C14H20N4S. The molecule has 1 aliphatic rings. The molecule has 0 spiro atoms. The number of nitriles is 1. The van der Waals surface area contributed by atoms with Crippen LogP contribution in [0.4, 0.5) is 11.5 Å². The monoisotopic (exact) mass is 276 g/mol. The Morgan fingerprint density at radius 2 is 2.16 bits per heavy atom. The number of anilines is 2. The molecule has 0 atom stereocenters. The highest BCUT2D eigenvalue weighted by molar-refractivity contribution is 8.00. The summed E-state index contributed by atoms with van der Waals surface area (Å²) in [6.45, 7) is 0.899. The van der Waals surface area contributed by atoms with Crippen molar-refractivity contribution < 1.29 is 0 Å². The van der Waals surface area contributed by atoms with E-state index < -0.39 is 0 Å². The lowest BCUT2D eigenvalue weighted by atomic mass is 9.88. The Morgan fingerprint density at radius 3 is 2.79 bits per heavy atom. The molecule has 0 amide bonds. The Kier molecular flexibility index (Phi) is 4.54. The van der Waals surface area contributed by atoms with Gasteiger partial charge >= 0.3 is 0 Å². The number of nitrogen functional groups attached to an aromatic ring is 1. The number of nitrogens with one attached hydrogen (secondary N) is 1. The van der Waals surface area contributed by atoms with Crippen LogP contribution in [-0.4, -0.2) is 22.5 Å². The molecular weight excluding hydrogens is 256 g/mol. The molecule has 1 heterocycles. The van der Waals surface area contributed by atoms with Crippen LogP contribution in [0, 0.1) is 11.3 Å². The first-order valence-electron chi connectivity index (χ1n) is 6.65. The van der Waals surface area contributed by atoms with Crippen molar-refractivity contribution in [3.8, 4) is 6.07 Å². The SMILES string of the molecule is CSC1(CNc2ccc(N)c(C#N)n2)CCCCC1. The molecule has 1 aromatic heterocycles. The summed E-state index contributed by atoms with van der Waals surface area (Å²) in [7, 11) is 0. The number of hydrogen-bond acceptors (Lipinski definition) is 5. The smallest absolute Gasteiger partial charge is 0.165 e. The maximum absolute atomic E-state index is 8.93. The molecule has 2 rings (SSSR count). The second-order valence-corrected chi connectivity index (χ2v) is 6.32. The summed E-state index contributed by atoms with van der Waals surface area (Å²) >= 11 is 1.95. The van der Waals surface area contributed by atoms with E-state index in [2.05, 4.69) is 16.6 Å². The van der Waals surface area contributed by atoms with Gasteiger partial charge in [-0.3, -0.25) is 0 Å². The van der Waals surface area contributed by atoms with Gasteiger partial charge in [0.05, 0.1) is 5.69 Å². The van der Waals surface area contributed by atoms with Crippen LogP contribution in [0.1, 0.15) is 37.8 Å². The van der Waals surface area contributed by atoms with Crippen LogP contribution in [0.5, 0.6) is 0 Å². The van der Waals surface area contributed by atoms with E-state index >= 15 is 0 Å². The number of hydrogen-bond donors (Lipinski definition) is 2. The predicted octanol–water partition coefficient (Wildman–Crippen LogP) is 3.01. The number of pyridine rings is 1. The molecule has 102 valence electrons.